The summed E-state index contributed by atoms with van der Waals surface area (Å²) in [5, 5.41) is 0. The number of unbranched alkanes of at least 4 members (excludes halogenated alkanes) is 39. The van der Waals surface area contributed by atoms with Crippen molar-refractivity contribution in [3.63, 3.8) is 0 Å². The van der Waals surface area contributed by atoms with Gasteiger partial charge in [-0.1, -0.05) is 319 Å². The van der Waals surface area contributed by atoms with E-state index < -0.39 is 6.10 Å². The van der Waals surface area contributed by atoms with Crippen molar-refractivity contribution in [2.75, 3.05) is 13.2 Å². The van der Waals surface area contributed by atoms with Crippen molar-refractivity contribution in [1.82, 2.24) is 0 Å². The summed E-state index contributed by atoms with van der Waals surface area (Å²) in [6.45, 7) is 6.52. The van der Waals surface area contributed by atoms with E-state index in [1.165, 1.54) is 205 Å². The van der Waals surface area contributed by atoms with Gasteiger partial charge >= 0.3 is 17.9 Å². The molecule has 0 fully saturated rings. The minimum absolute atomic E-state index is 0.0838. The van der Waals surface area contributed by atoms with Crippen LogP contribution in [-0.4, -0.2) is 37.2 Å². The average molecular weight is 1050 g/mol. The highest BCUT2D eigenvalue weighted by atomic mass is 16.6. The lowest BCUT2D eigenvalue weighted by atomic mass is 10.0. The summed E-state index contributed by atoms with van der Waals surface area (Å²) in [6.07, 6.45) is 81.2. The number of hydrogen-bond acceptors (Lipinski definition) is 6. The molecule has 0 aliphatic carbocycles. The van der Waals surface area contributed by atoms with Gasteiger partial charge in [0.2, 0.25) is 0 Å². The fraction of sp³-hybridized carbons (Fsp3) is 0.812. The van der Waals surface area contributed by atoms with E-state index >= 15 is 0 Å². The maximum atomic E-state index is 12.9. The Kier molecular flexibility index (Phi) is 61.2. The fourth-order valence-electron chi connectivity index (χ4n) is 9.65. The van der Waals surface area contributed by atoms with Crippen molar-refractivity contribution in [3.05, 3.63) is 60.8 Å². The molecule has 75 heavy (non-hydrogen) atoms. The minimum Gasteiger partial charge on any atom is -0.462 e. The summed E-state index contributed by atoms with van der Waals surface area (Å²) in [6, 6.07) is 0. The van der Waals surface area contributed by atoms with Crippen LogP contribution in [-0.2, 0) is 28.6 Å². The van der Waals surface area contributed by atoms with Crippen LogP contribution in [0.5, 0.6) is 0 Å². The molecule has 436 valence electrons. The van der Waals surface area contributed by atoms with E-state index in [1.807, 2.05) is 0 Å². The monoisotopic (exact) mass is 1050 g/mol. The first kappa shape index (κ1) is 72.1. The first-order valence-corrected chi connectivity index (χ1v) is 32.8. The van der Waals surface area contributed by atoms with Gasteiger partial charge in [0.25, 0.3) is 0 Å². The smallest absolute Gasteiger partial charge is 0.306 e. The highest BCUT2D eigenvalue weighted by molar-refractivity contribution is 5.71. The van der Waals surface area contributed by atoms with Crippen molar-refractivity contribution < 1.29 is 28.6 Å². The molecular weight excluding hydrogens is 925 g/mol. The molecule has 0 radical (unpaired) electrons. The van der Waals surface area contributed by atoms with Gasteiger partial charge in [0, 0.05) is 19.3 Å². The number of esters is 3. The predicted octanol–water partition coefficient (Wildman–Crippen LogP) is 22.3. The maximum Gasteiger partial charge on any atom is 0.306 e. The van der Waals surface area contributed by atoms with Crippen LogP contribution in [0.4, 0.5) is 0 Å². The van der Waals surface area contributed by atoms with Gasteiger partial charge in [-0.05, 0) is 64.2 Å². The van der Waals surface area contributed by atoms with Gasteiger partial charge in [0.1, 0.15) is 13.2 Å². The van der Waals surface area contributed by atoms with Crippen molar-refractivity contribution in [3.8, 4) is 0 Å². The molecule has 0 amide bonds. The molecule has 0 bridgehead atoms. The molecule has 6 nitrogen and oxygen atoms in total. The van der Waals surface area contributed by atoms with Crippen molar-refractivity contribution >= 4 is 17.9 Å². The van der Waals surface area contributed by atoms with Gasteiger partial charge in [-0.15, -0.1) is 0 Å². The van der Waals surface area contributed by atoms with Gasteiger partial charge in [0.15, 0.2) is 6.10 Å². The Morgan fingerprint density at radius 1 is 0.280 bits per heavy atom. The molecule has 0 spiro atoms. The van der Waals surface area contributed by atoms with Crippen molar-refractivity contribution in [1.29, 1.82) is 0 Å². The second-order valence-corrected chi connectivity index (χ2v) is 22.0. The first-order valence-electron chi connectivity index (χ1n) is 32.8. The van der Waals surface area contributed by atoms with Gasteiger partial charge in [-0.3, -0.25) is 14.4 Å². The van der Waals surface area contributed by atoms with Crippen LogP contribution in [0.1, 0.15) is 342 Å². The molecule has 0 rings (SSSR count). The molecule has 0 aromatic heterocycles. The zero-order chi connectivity index (χ0) is 54.3. The quantitative estimate of drug-likeness (QED) is 0.0261. The van der Waals surface area contributed by atoms with Gasteiger partial charge in [-0.2, -0.15) is 0 Å². The molecule has 0 aliphatic heterocycles. The van der Waals surface area contributed by atoms with Gasteiger partial charge in [0.05, 0.1) is 0 Å². The first-order chi connectivity index (χ1) is 37.0. The molecule has 0 N–H and O–H groups in total. The third kappa shape index (κ3) is 61.8. The lowest BCUT2D eigenvalue weighted by Crippen LogP contribution is -2.30. The zero-order valence-electron chi connectivity index (χ0n) is 50.1. The van der Waals surface area contributed by atoms with E-state index in [-0.39, 0.29) is 31.1 Å². The molecular formula is C69H124O6. The van der Waals surface area contributed by atoms with Crippen LogP contribution in [0, 0.1) is 0 Å². The van der Waals surface area contributed by atoms with E-state index in [1.54, 1.807) is 0 Å². The van der Waals surface area contributed by atoms with E-state index in [0.29, 0.717) is 19.3 Å². The molecule has 0 heterocycles. The molecule has 1 atom stereocenters. The summed E-state index contributed by atoms with van der Waals surface area (Å²) >= 11 is 0. The highest BCUT2D eigenvalue weighted by Gasteiger charge is 2.19. The normalized spacial score (nSPS) is 12.4. The summed E-state index contributed by atoms with van der Waals surface area (Å²) in [7, 11) is 0. The molecule has 0 saturated carbocycles. The van der Waals surface area contributed by atoms with E-state index in [0.717, 1.165) is 96.3 Å². The number of rotatable bonds is 60. The fourth-order valence-corrected chi connectivity index (χ4v) is 9.65. The van der Waals surface area contributed by atoms with Crippen LogP contribution in [0.25, 0.3) is 0 Å². The lowest BCUT2D eigenvalue weighted by molar-refractivity contribution is -0.167. The number of carbonyl (C=O) groups is 3. The maximum absolute atomic E-state index is 12.9. The number of carbonyl (C=O) groups excluding carboxylic acids is 3. The minimum atomic E-state index is -0.789. The summed E-state index contributed by atoms with van der Waals surface area (Å²) in [4.78, 5) is 38.2. The molecule has 0 aromatic carbocycles. The molecule has 0 saturated heterocycles. The standard InChI is InChI=1S/C69H124O6/c1-4-7-10-13-16-19-21-23-25-27-29-30-31-32-33-34-35-36-37-38-40-41-43-45-47-50-53-56-59-62-68(71)74-65-66(64-73-67(70)61-58-55-52-49-18-15-12-9-6-3)75-69(72)63-60-57-54-51-48-46-44-42-39-28-26-24-22-20-17-14-11-8-5-2/h8,11,17,20,24,26,39,42,46,48,66H,4-7,9-10,12-16,18-19,21-23,25,27-38,40-41,43-45,47,49-65H2,1-3H3/b11-8-,20-17-,26-24-,42-39-,48-46-. The molecule has 0 aromatic rings. The Hall–Kier alpha value is -2.89. The van der Waals surface area contributed by atoms with Crippen molar-refractivity contribution in [2.45, 2.75) is 348 Å². The SMILES string of the molecule is CC/C=C\C/C=C\C/C=C\C/C=C\C/C=C\CCCCCC(=O)OC(COC(=O)CCCCCCCCCCC)COC(=O)CCCCCCCCCCCCCCCCCCCCCCCCCCCCCCC. The predicted molar refractivity (Wildman–Crippen MR) is 325 cm³/mol. The van der Waals surface area contributed by atoms with Crippen LogP contribution in [0.3, 0.4) is 0 Å². The number of allylic oxidation sites excluding steroid dienone is 10. The topological polar surface area (TPSA) is 78.9 Å². The lowest BCUT2D eigenvalue weighted by Gasteiger charge is -2.18. The summed E-state index contributed by atoms with van der Waals surface area (Å²) in [5.41, 5.74) is 0. The number of hydrogen-bond donors (Lipinski definition) is 0. The van der Waals surface area contributed by atoms with Gasteiger partial charge < -0.3 is 14.2 Å². The van der Waals surface area contributed by atoms with Crippen LogP contribution in [0.15, 0.2) is 60.8 Å². The Labute approximate surface area is 466 Å². The van der Waals surface area contributed by atoms with E-state index in [4.69, 9.17) is 14.2 Å². The Morgan fingerprint density at radius 2 is 0.520 bits per heavy atom. The Bertz CT molecular complexity index is 1340. The Balaban J connectivity index is 4.14. The average Bonchev–Trinajstić information content (AvgIpc) is 3.41. The van der Waals surface area contributed by atoms with Gasteiger partial charge in [-0.25, -0.2) is 0 Å². The van der Waals surface area contributed by atoms with Crippen LogP contribution < -0.4 is 0 Å². The van der Waals surface area contributed by atoms with E-state index in [9.17, 15) is 14.4 Å². The van der Waals surface area contributed by atoms with Crippen molar-refractivity contribution in [2.24, 2.45) is 0 Å². The molecule has 1 unspecified atom stereocenters. The second-order valence-electron chi connectivity index (χ2n) is 22.0. The third-order valence-electron chi connectivity index (χ3n) is 14.5. The van der Waals surface area contributed by atoms with Crippen LogP contribution >= 0.6 is 0 Å². The molecule has 6 heteroatoms. The highest BCUT2D eigenvalue weighted by Crippen LogP contribution is 2.18. The molecule has 0 aliphatic rings. The zero-order valence-corrected chi connectivity index (χ0v) is 50.1. The van der Waals surface area contributed by atoms with E-state index in [2.05, 4.69) is 81.5 Å². The summed E-state index contributed by atoms with van der Waals surface area (Å²) in [5.74, 6) is -0.902. The largest absolute Gasteiger partial charge is 0.462 e. The number of ether oxygens (including phenoxy) is 3. The Morgan fingerprint density at radius 3 is 0.813 bits per heavy atom. The summed E-state index contributed by atoms with van der Waals surface area (Å²) < 4.78 is 16.9. The third-order valence-corrected chi connectivity index (χ3v) is 14.5. The van der Waals surface area contributed by atoms with Crippen LogP contribution in [0.2, 0.25) is 0 Å². The second kappa shape index (κ2) is 63.6.